The lowest BCUT2D eigenvalue weighted by Gasteiger charge is -2.14. The van der Waals surface area contributed by atoms with E-state index < -0.39 is 0 Å². The first-order valence-electron chi connectivity index (χ1n) is 6.42. The number of aryl methyl sites for hydroxylation is 1. The third kappa shape index (κ3) is 3.09. The molecular formula is C16H19N3O. The van der Waals surface area contributed by atoms with E-state index in [-0.39, 0.29) is 5.91 Å². The van der Waals surface area contributed by atoms with Crippen molar-refractivity contribution in [1.82, 2.24) is 0 Å². The predicted octanol–water partition coefficient (Wildman–Crippen LogP) is 2.90. The third-order valence-corrected chi connectivity index (χ3v) is 3.08. The van der Waals surface area contributed by atoms with E-state index >= 15 is 0 Å². The van der Waals surface area contributed by atoms with E-state index in [0.717, 1.165) is 11.3 Å². The first kappa shape index (κ1) is 13.9. The molecule has 0 aliphatic rings. The molecule has 1 amide bonds. The van der Waals surface area contributed by atoms with Gasteiger partial charge in [0.25, 0.3) is 5.91 Å². The molecule has 3 N–H and O–H groups in total. The summed E-state index contributed by atoms with van der Waals surface area (Å²) in [6.07, 6.45) is 0. The molecule has 0 atom stereocenters. The van der Waals surface area contributed by atoms with Gasteiger partial charge < -0.3 is 16.0 Å². The molecule has 0 bridgehead atoms. The zero-order chi connectivity index (χ0) is 14.7. The molecule has 0 saturated heterocycles. The van der Waals surface area contributed by atoms with E-state index in [9.17, 15) is 4.79 Å². The minimum Gasteiger partial charge on any atom is -0.397 e. The highest BCUT2D eigenvalue weighted by atomic mass is 16.1. The van der Waals surface area contributed by atoms with Crippen LogP contribution in [0.3, 0.4) is 0 Å². The van der Waals surface area contributed by atoms with Gasteiger partial charge in [0.2, 0.25) is 0 Å². The normalized spacial score (nSPS) is 10.2. The number of nitrogens with one attached hydrogen (secondary N) is 1. The number of anilines is 3. The second-order valence-corrected chi connectivity index (χ2v) is 4.99. The van der Waals surface area contributed by atoms with E-state index in [1.54, 1.807) is 12.1 Å². The Hall–Kier alpha value is -2.49. The van der Waals surface area contributed by atoms with Crippen LogP contribution in [0.5, 0.6) is 0 Å². The second kappa shape index (κ2) is 5.65. The summed E-state index contributed by atoms with van der Waals surface area (Å²) in [5.74, 6) is -0.161. The van der Waals surface area contributed by atoms with Crippen LogP contribution in [0.1, 0.15) is 15.9 Å². The van der Waals surface area contributed by atoms with Crippen molar-refractivity contribution in [2.75, 3.05) is 30.0 Å². The highest BCUT2D eigenvalue weighted by Crippen LogP contribution is 2.21. The Bertz CT molecular complexity index is 635. The van der Waals surface area contributed by atoms with Gasteiger partial charge in [-0.25, -0.2) is 0 Å². The number of benzene rings is 2. The van der Waals surface area contributed by atoms with Crippen molar-refractivity contribution >= 4 is 23.0 Å². The molecule has 104 valence electrons. The number of carbonyl (C=O) groups is 1. The van der Waals surface area contributed by atoms with Gasteiger partial charge in [0.1, 0.15) is 0 Å². The molecule has 2 rings (SSSR count). The van der Waals surface area contributed by atoms with Crippen LogP contribution in [0.15, 0.2) is 42.5 Å². The Morgan fingerprint density at radius 3 is 2.60 bits per heavy atom. The van der Waals surface area contributed by atoms with Crippen molar-refractivity contribution in [2.45, 2.75) is 6.92 Å². The zero-order valence-electron chi connectivity index (χ0n) is 12.0. The third-order valence-electron chi connectivity index (χ3n) is 3.08. The molecule has 0 aromatic heterocycles. The molecule has 0 fully saturated rings. The molecule has 4 nitrogen and oxygen atoms in total. The lowest BCUT2D eigenvalue weighted by molar-refractivity contribution is 0.102. The van der Waals surface area contributed by atoms with Gasteiger partial charge in [0, 0.05) is 25.3 Å². The summed E-state index contributed by atoms with van der Waals surface area (Å²) in [5, 5.41) is 2.85. The Morgan fingerprint density at radius 2 is 1.90 bits per heavy atom. The molecule has 20 heavy (non-hydrogen) atoms. The van der Waals surface area contributed by atoms with Gasteiger partial charge >= 0.3 is 0 Å². The minimum atomic E-state index is -0.161. The van der Waals surface area contributed by atoms with Crippen LogP contribution in [0.2, 0.25) is 0 Å². The molecule has 0 spiro atoms. The Kier molecular flexibility index (Phi) is 3.94. The Labute approximate surface area is 119 Å². The van der Waals surface area contributed by atoms with E-state index in [2.05, 4.69) is 5.32 Å². The number of carbonyl (C=O) groups excluding carboxylic acids is 1. The fourth-order valence-corrected chi connectivity index (χ4v) is 1.90. The zero-order valence-corrected chi connectivity index (χ0v) is 12.0. The highest BCUT2D eigenvalue weighted by Gasteiger charge is 2.09. The largest absolute Gasteiger partial charge is 0.397 e. The van der Waals surface area contributed by atoms with Crippen molar-refractivity contribution < 1.29 is 4.79 Å². The SMILES string of the molecule is Cc1ccc(N)c(NC(=O)c2cccc(N(C)C)c2)c1. The number of rotatable bonds is 3. The van der Waals surface area contributed by atoms with Gasteiger partial charge in [0.15, 0.2) is 0 Å². The maximum absolute atomic E-state index is 12.3. The minimum absolute atomic E-state index is 0.161. The smallest absolute Gasteiger partial charge is 0.255 e. The van der Waals surface area contributed by atoms with Gasteiger partial charge in [0.05, 0.1) is 11.4 Å². The van der Waals surface area contributed by atoms with E-state index in [1.165, 1.54) is 0 Å². The standard InChI is InChI=1S/C16H19N3O/c1-11-7-8-14(17)15(9-11)18-16(20)12-5-4-6-13(10-12)19(2)3/h4-10H,17H2,1-3H3,(H,18,20). The fourth-order valence-electron chi connectivity index (χ4n) is 1.90. The second-order valence-electron chi connectivity index (χ2n) is 4.99. The van der Waals surface area contributed by atoms with Crippen LogP contribution in [0.4, 0.5) is 17.1 Å². The van der Waals surface area contributed by atoms with Crippen molar-refractivity contribution in [3.63, 3.8) is 0 Å². The van der Waals surface area contributed by atoms with Crippen molar-refractivity contribution in [3.8, 4) is 0 Å². The predicted molar refractivity (Wildman–Crippen MR) is 84.3 cm³/mol. The molecule has 0 saturated carbocycles. The van der Waals surface area contributed by atoms with Crippen molar-refractivity contribution in [2.24, 2.45) is 0 Å². The summed E-state index contributed by atoms with van der Waals surface area (Å²) in [7, 11) is 3.88. The van der Waals surface area contributed by atoms with Gasteiger partial charge in [-0.15, -0.1) is 0 Å². The van der Waals surface area contributed by atoms with Gasteiger partial charge in [-0.05, 0) is 42.8 Å². The molecule has 2 aromatic rings. The summed E-state index contributed by atoms with van der Waals surface area (Å²) in [6.45, 7) is 1.96. The number of nitrogens with zero attached hydrogens (tertiary/aromatic N) is 1. The number of amides is 1. The maximum Gasteiger partial charge on any atom is 0.255 e. The average Bonchev–Trinajstić information content (AvgIpc) is 2.43. The Morgan fingerprint density at radius 1 is 1.15 bits per heavy atom. The van der Waals surface area contributed by atoms with Crippen molar-refractivity contribution in [1.29, 1.82) is 0 Å². The molecular weight excluding hydrogens is 250 g/mol. The van der Waals surface area contributed by atoms with E-state index in [4.69, 9.17) is 5.73 Å². The summed E-state index contributed by atoms with van der Waals surface area (Å²) in [4.78, 5) is 14.2. The summed E-state index contributed by atoms with van der Waals surface area (Å²) < 4.78 is 0. The number of hydrogen-bond acceptors (Lipinski definition) is 3. The van der Waals surface area contributed by atoms with Gasteiger partial charge in [-0.3, -0.25) is 4.79 Å². The first-order valence-corrected chi connectivity index (χ1v) is 6.42. The van der Waals surface area contributed by atoms with Crippen molar-refractivity contribution in [3.05, 3.63) is 53.6 Å². The van der Waals surface area contributed by atoms with Crippen LogP contribution in [-0.4, -0.2) is 20.0 Å². The molecule has 0 aliphatic carbocycles. The van der Waals surface area contributed by atoms with E-state index in [0.29, 0.717) is 16.9 Å². The Balaban J connectivity index is 2.24. The fraction of sp³-hybridized carbons (Fsp3) is 0.188. The summed E-state index contributed by atoms with van der Waals surface area (Å²) >= 11 is 0. The van der Waals surface area contributed by atoms with Crippen LogP contribution in [-0.2, 0) is 0 Å². The van der Waals surface area contributed by atoms with Gasteiger partial charge in [-0.2, -0.15) is 0 Å². The van der Waals surface area contributed by atoms with Crippen LogP contribution in [0, 0.1) is 6.92 Å². The average molecular weight is 269 g/mol. The number of hydrogen-bond donors (Lipinski definition) is 2. The maximum atomic E-state index is 12.3. The lowest BCUT2D eigenvalue weighted by Crippen LogP contribution is -2.15. The topological polar surface area (TPSA) is 58.4 Å². The van der Waals surface area contributed by atoms with E-state index in [1.807, 2.05) is 56.3 Å². The van der Waals surface area contributed by atoms with Crippen LogP contribution in [0.25, 0.3) is 0 Å². The molecule has 2 aromatic carbocycles. The molecule has 0 heterocycles. The monoisotopic (exact) mass is 269 g/mol. The quantitative estimate of drug-likeness (QED) is 0.842. The van der Waals surface area contributed by atoms with Crippen LogP contribution >= 0.6 is 0 Å². The number of nitrogens with two attached hydrogens (primary N) is 1. The number of nitrogen functional groups attached to an aromatic ring is 1. The highest BCUT2D eigenvalue weighted by molar-refractivity contribution is 6.06. The van der Waals surface area contributed by atoms with Crippen LogP contribution < -0.4 is 16.0 Å². The first-order chi connectivity index (χ1) is 9.47. The summed E-state index contributed by atoms with van der Waals surface area (Å²) in [6, 6.07) is 13.0. The molecule has 0 radical (unpaired) electrons. The summed E-state index contributed by atoms with van der Waals surface area (Å²) in [5.41, 5.74) is 9.72. The molecule has 0 aliphatic heterocycles. The lowest BCUT2D eigenvalue weighted by atomic mass is 10.1. The van der Waals surface area contributed by atoms with Gasteiger partial charge in [-0.1, -0.05) is 12.1 Å². The molecule has 4 heteroatoms. The molecule has 0 unspecified atom stereocenters.